The molecule has 0 saturated heterocycles. The normalized spacial score (nSPS) is 12.5. The van der Waals surface area contributed by atoms with E-state index in [1.54, 1.807) is 11.8 Å². The highest BCUT2D eigenvalue weighted by Crippen LogP contribution is 2.27. The molecule has 0 radical (unpaired) electrons. The second-order valence-electron chi connectivity index (χ2n) is 4.46. The minimum Gasteiger partial charge on any atom is -0.497 e. The monoisotopic (exact) mass is 246 g/mol. The average Bonchev–Trinajstić information content (AvgIpc) is 2.67. The molecule has 1 atom stereocenters. The summed E-state index contributed by atoms with van der Waals surface area (Å²) in [4.78, 5) is 0. The Morgan fingerprint density at radius 1 is 1.28 bits per heavy atom. The number of benzene rings is 1. The zero-order valence-corrected chi connectivity index (χ0v) is 11.1. The molecule has 0 saturated carbocycles. The molecular formula is C14H18N2O2. The largest absolute Gasteiger partial charge is 0.497 e. The maximum atomic E-state index is 10.4. The molecule has 96 valence electrons. The van der Waals surface area contributed by atoms with Crippen LogP contribution in [0.5, 0.6) is 5.75 Å². The summed E-state index contributed by atoms with van der Waals surface area (Å²) < 4.78 is 6.88. The van der Waals surface area contributed by atoms with Gasteiger partial charge in [-0.3, -0.25) is 4.68 Å². The summed E-state index contributed by atoms with van der Waals surface area (Å²) in [5.41, 5.74) is 3.57. The van der Waals surface area contributed by atoms with Gasteiger partial charge in [0, 0.05) is 7.05 Å². The summed E-state index contributed by atoms with van der Waals surface area (Å²) in [7, 11) is 3.47. The number of hydrogen-bond donors (Lipinski definition) is 1. The van der Waals surface area contributed by atoms with Crippen molar-refractivity contribution in [1.29, 1.82) is 0 Å². The molecule has 0 amide bonds. The van der Waals surface area contributed by atoms with Crippen LogP contribution in [0.4, 0.5) is 0 Å². The number of hydrogen-bond acceptors (Lipinski definition) is 3. The summed E-state index contributed by atoms with van der Waals surface area (Å²) in [6, 6.07) is 7.56. The van der Waals surface area contributed by atoms with E-state index in [0.717, 1.165) is 28.3 Å². The van der Waals surface area contributed by atoms with Crippen molar-refractivity contribution in [2.45, 2.75) is 20.0 Å². The molecule has 0 spiro atoms. The van der Waals surface area contributed by atoms with E-state index in [2.05, 4.69) is 5.10 Å². The molecule has 1 unspecified atom stereocenters. The van der Waals surface area contributed by atoms with E-state index in [0.29, 0.717) is 0 Å². The van der Waals surface area contributed by atoms with Gasteiger partial charge in [0.25, 0.3) is 0 Å². The number of aromatic nitrogens is 2. The van der Waals surface area contributed by atoms with E-state index in [4.69, 9.17) is 4.74 Å². The van der Waals surface area contributed by atoms with Crippen molar-refractivity contribution in [1.82, 2.24) is 9.78 Å². The van der Waals surface area contributed by atoms with Crippen LogP contribution in [0.1, 0.15) is 28.6 Å². The Kier molecular flexibility index (Phi) is 3.39. The van der Waals surface area contributed by atoms with E-state index < -0.39 is 6.10 Å². The van der Waals surface area contributed by atoms with Gasteiger partial charge in [0.05, 0.1) is 18.5 Å². The molecule has 1 aromatic carbocycles. The minimum absolute atomic E-state index is 0.665. The highest BCUT2D eigenvalue weighted by Gasteiger charge is 2.17. The molecule has 0 aliphatic heterocycles. The van der Waals surface area contributed by atoms with Gasteiger partial charge in [-0.1, -0.05) is 6.07 Å². The smallest absolute Gasteiger partial charge is 0.121 e. The number of nitrogens with zero attached hydrogens (tertiary/aromatic N) is 2. The quantitative estimate of drug-likeness (QED) is 0.902. The average molecular weight is 246 g/mol. The number of aliphatic hydroxyl groups excluding tert-OH is 1. The lowest BCUT2D eigenvalue weighted by atomic mass is 10.0. The van der Waals surface area contributed by atoms with Crippen LogP contribution in [0.3, 0.4) is 0 Å². The zero-order chi connectivity index (χ0) is 13.3. The fourth-order valence-electron chi connectivity index (χ4n) is 2.13. The molecule has 0 aliphatic rings. The van der Waals surface area contributed by atoms with Crippen LogP contribution in [-0.2, 0) is 7.05 Å². The van der Waals surface area contributed by atoms with Crippen molar-refractivity contribution < 1.29 is 9.84 Å². The molecule has 1 N–H and O–H groups in total. The summed E-state index contributed by atoms with van der Waals surface area (Å²) in [6.45, 7) is 3.88. The second-order valence-corrected chi connectivity index (χ2v) is 4.46. The molecule has 2 rings (SSSR count). The van der Waals surface area contributed by atoms with Crippen LogP contribution in [0.25, 0.3) is 0 Å². The summed E-state index contributed by atoms with van der Waals surface area (Å²) in [5, 5.41) is 14.7. The Bertz CT molecular complexity index is 561. The van der Waals surface area contributed by atoms with Gasteiger partial charge in [0.15, 0.2) is 0 Å². The Balaban J connectivity index is 2.39. The van der Waals surface area contributed by atoms with Gasteiger partial charge in [-0.15, -0.1) is 0 Å². The molecule has 4 heteroatoms. The number of rotatable bonds is 3. The molecule has 0 bridgehead atoms. The lowest BCUT2D eigenvalue weighted by Gasteiger charge is -2.14. The first-order valence-electron chi connectivity index (χ1n) is 5.86. The van der Waals surface area contributed by atoms with E-state index in [1.165, 1.54) is 0 Å². The first kappa shape index (κ1) is 12.6. The minimum atomic E-state index is -0.665. The van der Waals surface area contributed by atoms with E-state index in [1.807, 2.05) is 45.2 Å². The fourth-order valence-corrected chi connectivity index (χ4v) is 2.13. The highest BCUT2D eigenvalue weighted by molar-refractivity contribution is 5.39. The van der Waals surface area contributed by atoms with Gasteiger partial charge in [-0.25, -0.2) is 0 Å². The maximum Gasteiger partial charge on any atom is 0.121 e. The molecule has 4 nitrogen and oxygen atoms in total. The maximum absolute atomic E-state index is 10.4. The van der Waals surface area contributed by atoms with Gasteiger partial charge in [-0.05, 0) is 43.2 Å². The molecule has 0 aliphatic carbocycles. The first-order chi connectivity index (χ1) is 8.52. The van der Waals surface area contributed by atoms with Crippen molar-refractivity contribution in [3.63, 3.8) is 0 Å². The van der Waals surface area contributed by atoms with Gasteiger partial charge in [0.1, 0.15) is 11.9 Å². The van der Waals surface area contributed by atoms with Crippen molar-refractivity contribution in [2.24, 2.45) is 7.05 Å². The van der Waals surface area contributed by atoms with Crippen LogP contribution >= 0.6 is 0 Å². The Hall–Kier alpha value is -1.81. The highest BCUT2D eigenvalue weighted by atomic mass is 16.5. The number of aryl methyl sites for hydroxylation is 3. The van der Waals surface area contributed by atoms with Crippen LogP contribution in [0.15, 0.2) is 24.3 Å². The Labute approximate surface area is 107 Å². The van der Waals surface area contributed by atoms with Crippen molar-refractivity contribution in [3.05, 3.63) is 46.8 Å². The third kappa shape index (κ3) is 2.24. The predicted molar refractivity (Wildman–Crippen MR) is 69.7 cm³/mol. The summed E-state index contributed by atoms with van der Waals surface area (Å²) >= 11 is 0. The van der Waals surface area contributed by atoms with Crippen LogP contribution in [0, 0.1) is 13.8 Å². The Morgan fingerprint density at radius 2 is 2.00 bits per heavy atom. The van der Waals surface area contributed by atoms with Gasteiger partial charge >= 0.3 is 0 Å². The molecule has 0 fully saturated rings. The molecule has 1 heterocycles. The SMILES string of the molecule is COc1ccc(C(O)c2cc(C)nn2C)c(C)c1. The fraction of sp³-hybridized carbons (Fsp3) is 0.357. The predicted octanol–water partition coefficient (Wildman–Crippen LogP) is 2.13. The number of aliphatic hydroxyl groups is 1. The number of methoxy groups -OCH3 is 1. The molecule has 1 aromatic heterocycles. The first-order valence-corrected chi connectivity index (χ1v) is 5.86. The topological polar surface area (TPSA) is 47.3 Å². The van der Waals surface area contributed by atoms with Crippen molar-refractivity contribution in [3.8, 4) is 5.75 Å². The molecular weight excluding hydrogens is 228 g/mol. The zero-order valence-electron chi connectivity index (χ0n) is 11.1. The van der Waals surface area contributed by atoms with E-state index in [9.17, 15) is 5.11 Å². The molecule has 2 aromatic rings. The van der Waals surface area contributed by atoms with Crippen LogP contribution in [-0.4, -0.2) is 22.0 Å². The standard InChI is InChI=1S/C14H18N2O2/c1-9-7-11(18-4)5-6-12(9)14(17)13-8-10(2)15-16(13)3/h5-8,14,17H,1-4H3. The van der Waals surface area contributed by atoms with Gasteiger partial charge in [0.2, 0.25) is 0 Å². The third-order valence-electron chi connectivity index (χ3n) is 3.09. The lowest BCUT2D eigenvalue weighted by molar-refractivity contribution is 0.209. The van der Waals surface area contributed by atoms with Crippen molar-refractivity contribution in [2.75, 3.05) is 7.11 Å². The Morgan fingerprint density at radius 3 is 2.50 bits per heavy atom. The third-order valence-corrected chi connectivity index (χ3v) is 3.09. The van der Waals surface area contributed by atoms with Crippen LogP contribution in [0.2, 0.25) is 0 Å². The molecule has 18 heavy (non-hydrogen) atoms. The summed E-state index contributed by atoms with van der Waals surface area (Å²) in [5.74, 6) is 0.796. The summed E-state index contributed by atoms with van der Waals surface area (Å²) in [6.07, 6.45) is -0.665. The van der Waals surface area contributed by atoms with Crippen molar-refractivity contribution >= 4 is 0 Å². The van der Waals surface area contributed by atoms with E-state index in [-0.39, 0.29) is 0 Å². The lowest BCUT2D eigenvalue weighted by Crippen LogP contribution is -2.08. The second kappa shape index (κ2) is 4.82. The number of ether oxygens (including phenoxy) is 1. The van der Waals surface area contributed by atoms with Gasteiger partial charge in [-0.2, -0.15) is 5.10 Å². The van der Waals surface area contributed by atoms with Crippen LogP contribution < -0.4 is 4.74 Å². The van der Waals surface area contributed by atoms with Gasteiger partial charge < -0.3 is 9.84 Å². The van der Waals surface area contributed by atoms with E-state index >= 15 is 0 Å².